The number of benzene rings is 1. The number of rotatable bonds is 2. The van der Waals surface area contributed by atoms with Crippen LogP contribution in [0.2, 0.25) is 0 Å². The van der Waals surface area contributed by atoms with Crippen LogP contribution in [0.5, 0.6) is 5.75 Å². The number of hydrogen-bond donors (Lipinski definition) is 1. The molecule has 94 valence electrons. The summed E-state index contributed by atoms with van der Waals surface area (Å²) < 4.78 is 18.2. The molecule has 0 spiro atoms. The van der Waals surface area contributed by atoms with Gasteiger partial charge in [0.05, 0.1) is 5.92 Å². The lowest BCUT2D eigenvalue weighted by Crippen LogP contribution is -2.26. The molecule has 0 aliphatic heterocycles. The van der Waals surface area contributed by atoms with Gasteiger partial charge in [-0.05, 0) is 45.9 Å². The van der Waals surface area contributed by atoms with Crippen molar-refractivity contribution in [1.82, 2.24) is 0 Å². The van der Waals surface area contributed by atoms with Crippen LogP contribution >= 0.6 is 0 Å². The SMILES string of the molecule is C[C@@H](C(=O)OC(C)(C)C)c1cc(F)ccc1O. The van der Waals surface area contributed by atoms with Crippen molar-refractivity contribution in [3.8, 4) is 5.75 Å². The molecule has 0 amide bonds. The van der Waals surface area contributed by atoms with Gasteiger partial charge in [-0.2, -0.15) is 0 Å². The van der Waals surface area contributed by atoms with Crippen molar-refractivity contribution in [3.05, 3.63) is 29.6 Å². The van der Waals surface area contributed by atoms with E-state index in [0.717, 1.165) is 12.1 Å². The van der Waals surface area contributed by atoms with E-state index in [1.807, 2.05) is 0 Å². The molecule has 4 heteroatoms. The monoisotopic (exact) mass is 240 g/mol. The summed E-state index contributed by atoms with van der Waals surface area (Å²) >= 11 is 0. The number of hydrogen-bond acceptors (Lipinski definition) is 3. The lowest BCUT2D eigenvalue weighted by molar-refractivity contribution is -0.156. The first-order chi connectivity index (χ1) is 7.70. The summed E-state index contributed by atoms with van der Waals surface area (Å²) in [7, 11) is 0. The smallest absolute Gasteiger partial charge is 0.313 e. The van der Waals surface area contributed by atoms with Gasteiger partial charge in [-0.25, -0.2) is 4.39 Å². The van der Waals surface area contributed by atoms with Crippen LogP contribution in [0.15, 0.2) is 18.2 Å². The molecular formula is C13H17FO3. The highest BCUT2D eigenvalue weighted by Gasteiger charge is 2.25. The highest BCUT2D eigenvalue weighted by atomic mass is 19.1. The van der Waals surface area contributed by atoms with Gasteiger partial charge >= 0.3 is 5.97 Å². The van der Waals surface area contributed by atoms with E-state index in [1.165, 1.54) is 6.07 Å². The Hall–Kier alpha value is -1.58. The predicted molar refractivity (Wildman–Crippen MR) is 62.3 cm³/mol. The first-order valence-electron chi connectivity index (χ1n) is 5.42. The van der Waals surface area contributed by atoms with E-state index >= 15 is 0 Å². The lowest BCUT2D eigenvalue weighted by Gasteiger charge is -2.22. The van der Waals surface area contributed by atoms with Crippen molar-refractivity contribution >= 4 is 5.97 Å². The molecule has 1 N–H and O–H groups in total. The number of carbonyl (C=O) groups excluding carboxylic acids is 1. The normalized spacial score (nSPS) is 13.2. The van der Waals surface area contributed by atoms with Crippen molar-refractivity contribution in [3.63, 3.8) is 0 Å². The van der Waals surface area contributed by atoms with Gasteiger partial charge in [0, 0.05) is 5.56 Å². The molecule has 0 saturated carbocycles. The van der Waals surface area contributed by atoms with E-state index in [-0.39, 0.29) is 11.3 Å². The van der Waals surface area contributed by atoms with Crippen LogP contribution in [0, 0.1) is 5.82 Å². The molecule has 1 aromatic rings. The molecule has 0 saturated heterocycles. The van der Waals surface area contributed by atoms with Gasteiger partial charge in [0.1, 0.15) is 17.2 Å². The second-order valence-electron chi connectivity index (χ2n) is 4.96. The summed E-state index contributed by atoms with van der Waals surface area (Å²) in [6.07, 6.45) is 0. The third-order valence-electron chi connectivity index (χ3n) is 2.22. The number of esters is 1. The number of phenols is 1. The lowest BCUT2D eigenvalue weighted by atomic mass is 10.00. The van der Waals surface area contributed by atoms with Crippen molar-refractivity contribution in [2.24, 2.45) is 0 Å². The maximum absolute atomic E-state index is 13.0. The van der Waals surface area contributed by atoms with Crippen LogP contribution in [0.25, 0.3) is 0 Å². The molecule has 1 rings (SSSR count). The van der Waals surface area contributed by atoms with Gasteiger partial charge in [-0.1, -0.05) is 0 Å². The molecule has 17 heavy (non-hydrogen) atoms. The molecule has 0 bridgehead atoms. The summed E-state index contributed by atoms with van der Waals surface area (Å²) in [6, 6.07) is 3.51. The van der Waals surface area contributed by atoms with Crippen LogP contribution in [0.4, 0.5) is 4.39 Å². The van der Waals surface area contributed by atoms with Gasteiger partial charge < -0.3 is 9.84 Å². The average molecular weight is 240 g/mol. The Morgan fingerprint density at radius 1 is 1.41 bits per heavy atom. The fourth-order valence-corrected chi connectivity index (χ4v) is 1.39. The molecule has 0 heterocycles. The third kappa shape index (κ3) is 3.73. The molecule has 1 aromatic carbocycles. The first-order valence-corrected chi connectivity index (χ1v) is 5.42. The van der Waals surface area contributed by atoms with Crippen molar-refractivity contribution in [1.29, 1.82) is 0 Å². The highest BCUT2D eigenvalue weighted by molar-refractivity contribution is 5.79. The topological polar surface area (TPSA) is 46.5 Å². The number of carbonyl (C=O) groups is 1. The summed E-state index contributed by atoms with van der Waals surface area (Å²) in [5.41, 5.74) is -0.367. The Morgan fingerprint density at radius 2 is 2.00 bits per heavy atom. The Balaban J connectivity index is 2.92. The second kappa shape index (κ2) is 4.73. The molecule has 0 unspecified atom stereocenters. The maximum atomic E-state index is 13.0. The fraction of sp³-hybridized carbons (Fsp3) is 0.462. The summed E-state index contributed by atoms with van der Waals surface area (Å²) in [4.78, 5) is 11.8. The average Bonchev–Trinajstić information content (AvgIpc) is 2.18. The molecule has 0 aliphatic carbocycles. The number of aromatic hydroxyl groups is 1. The van der Waals surface area contributed by atoms with Crippen LogP contribution in [-0.2, 0) is 9.53 Å². The standard InChI is InChI=1S/C13H17FO3/c1-8(12(16)17-13(2,3)4)10-7-9(14)5-6-11(10)15/h5-8,15H,1-4H3/t8-/m1/s1. The van der Waals surface area contributed by atoms with Gasteiger partial charge in [0.25, 0.3) is 0 Å². The van der Waals surface area contributed by atoms with Gasteiger partial charge in [-0.3, -0.25) is 4.79 Å². The van der Waals surface area contributed by atoms with Gasteiger partial charge in [0.15, 0.2) is 0 Å². The van der Waals surface area contributed by atoms with E-state index in [9.17, 15) is 14.3 Å². The van der Waals surface area contributed by atoms with Crippen molar-refractivity contribution in [2.75, 3.05) is 0 Å². The Kier molecular flexibility index (Phi) is 3.76. The zero-order chi connectivity index (χ0) is 13.2. The minimum absolute atomic E-state index is 0.107. The molecule has 0 radical (unpaired) electrons. The summed E-state index contributed by atoms with van der Waals surface area (Å²) in [6.45, 7) is 6.83. The Morgan fingerprint density at radius 3 is 2.53 bits per heavy atom. The van der Waals surface area contributed by atoms with Crippen LogP contribution in [0.3, 0.4) is 0 Å². The number of ether oxygens (including phenoxy) is 1. The molecular weight excluding hydrogens is 223 g/mol. The minimum atomic E-state index is -0.704. The largest absolute Gasteiger partial charge is 0.508 e. The molecule has 0 aliphatic rings. The number of halogens is 1. The fourth-order valence-electron chi connectivity index (χ4n) is 1.39. The molecule has 0 fully saturated rings. The second-order valence-corrected chi connectivity index (χ2v) is 4.96. The van der Waals surface area contributed by atoms with E-state index in [4.69, 9.17) is 4.74 Å². The predicted octanol–water partition coefficient (Wildman–Crippen LogP) is 2.98. The van der Waals surface area contributed by atoms with Crippen LogP contribution in [0.1, 0.15) is 39.2 Å². The highest BCUT2D eigenvalue weighted by Crippen LogP contribution is 2.28. The summed E-state index contributed by atoms with van der Waals surface area (Å²) in [5, 5.41) is 9.58. The molecule has 3 nitrogen and oxygen atoms in total. The van der Waals surface area contributed by atoms with Crippen LogP contribution in [-0.4, -0.2) is 16.7 Å². The summed E-state index contributed by atoms with van der Waals surface area (Å²) in [5.74, 6) is -1.79. The zero-order valence-electron chi connectivity index (χ0n) is 10.5. The quantitative estimate of drug-likeness (QED) is 0.808. The van der Waals surface area contributed by atoms with Gasteiger partial charge in [-0.15, -0.1) is 0 Å². The van der Waals surface area contributed by atoms with Crippen LogP contribution < -0.4 is 0 Å². The van der Waals surface area contributed by atoms with E-state index in [1.54, 1.807) is 27.7 Å². The van der Waals surface area contributed by atoms with E-state index < -0.39 is 23.3 Å². The Labute approximate surface area is 100 Å². The third-order valence-corrected chi connectivity index (χ3v) is 2.22. The van der Waals surface area contributed by atoms with Crippen molar-refractivity contribution < 1.29 is 19.0 Å². The number of phenolic OH excluding ortho intramolecular Hbond substituents is 1. The van der Waals surface area contributed by atoms with Crippen molar-refractivity contribution in [2.45, 2.75) is 39.2 Å². The minimum Gasteiger partial charge on any atom is -0.508 e. The van der Waals surface area contributed by atoms with E-state index in [0.29, 0.717) is 0 Å². The first kappa shape index (κ1) is 13.5. The van der Waals surface area contributed by atoms with E-state index in [2.05, 4.69) is 0 Å². The Bertz CT molecular complexity index is 421. The maximum Gasteiger partial charge on any atom is 0.313 e. The van der Waals surface area contributed by atoms with Gasteiger partial charge in [0.2, 0.25) is 0 Å². The molecule has 0 aromatic heterocycles. The zero-order valence-corrected chi connectivity index (χ0v) is 10.5. The molecule has 1 atom stereocenters.